The summed E-state index contributed by atoms with van der Waals surface area (Å²) in [5.74, 6) is -0.193. The van der Waals surface area contributed by atoms with Gasteiger partial charge in [0.15, 0.2) is 11.6 Å². The molecule has 2 rings (SSSR count). The first-order valence-electron chi connectivity index (χ1n) is 7.05. The molecule has 0 fully saturated rings. The van der Waals surface area contributed by atoms with Crippen LogP contribution in [0, 0.1) is 12.7 Å². The summed E-state index contributed by atoms with van der Waals surface area (Å²) < 4.78 is 19.3. The maximum atomic E-state index is 13.8. The normalized spacial score (nSPS) is 10.5. The Balaban J connectivity index is 2.35. The Kier molecular flexibility index (Phi) is 4.68. The van der Waals surface area contributed by atoms with Gasteiger partial charge in [0, 0.05) is 24.9 Å². The van der Waals surface area contributed by atoms with Crippen LogP contribution in [0.2, 0.25) is 0 Å². The number of hydrogen-bond donors (Lipinski definition) is 1. The lowest BCUT2D eigenvalue weighted by atomic mass is 10.2. The largest absolute Gasteiger partial charge is 0.490 e. The number of nitrogens with two attached hydrogens (primary N) is 1. The van der Waals surface area contributed by atoms with Gasteiger partial charge in [-0.05, 0) is 25.5 Å². The van der Waals surface area contributed by atoms with Crippen molar-refractivity contribution in [2.24, 2.45) is 0 Å². The summed E-state index contributed by atoms with van der Waals surface area (Å²) >= 11 is 0. The monoisotopic (exact) mass is 288 g/mol. The highest BCUT2D eigenvalue weighted by atomic mass is 19.1. The molecule has 0 radical (unpaired) electrons. The quantitative estimate of drug-likeness (QED) is 0.835. The molecule has 0 atom stereocenters. The lowest BCUT2D eigenvalue weighted by Gasteiger charge is -2.22. The van der Waals surface area contributed by atoms with Crippen LogP contribution in [0.25, 0.3) is 0 Å². The number of anilines is 3. The van der Waals surface area contributed by atoms with Crippen molar-refractivity contribution >= 4 is 17.1 Å². The van der Waals surface area contributed by atoms with Crippen molar-refractivity contribution in [3.05, 3.63) is 47.8 Å². The lowest BCUT2D eigenvalue weighted by Crippen LogP contribution is -2.12. The van der Waals surface area contributed by atoms with E-state index in [1.165, 1.54) is 11.6 Å². The highest BCUT2D eigenvalue weighted by Gasteiger charge is 2.13. The fraction of sp³-hybridized carbons (Fsp3) is 0.294. The zero-order chi connectivity index (χ0) is 15.4. The molecular formula is C17H21FN2O. The summed E-state index contributed by atoms with van der Waals surface area (Å²) in [6, 6.07) is 11.0. The first-order chi connectivity index (χ1) is 10.0. The van der Waals surface area contributed by atoms with Crippen LogP contribution in [0.15, 0.2) is 36.4 Å². The maximum Gasteiger partial charge on any atom is 0.167 e. The molecule has 0 amide bonds. The van der Waals surface area contributed by atoms with E-state index in [1.807, 2.05) is 50.1 Å². The summed E-state index contributed by atoms with van der Waals surface area (Å²) in [4.78, 5) is 1.92. The third-order valence-electron chi connectivity index (χ3n) is 3.33. The number of ether oxygens (including phenoxy) is 1. The Morgan fingerprint density at radius 1 is 1.19 bits per heavy atom. The van der Waals surface area contributed by atoms with Crippen molar-refractivity contribution in [2.75, 3.05) is 24.3 Å². The van der Waals surface area contributed by atoms with Crippen LogP contribution in [0.5, 0.6) is 5.75 Å². The van der Waals surface area contributed by atoms with E-state index in [2.05, 4.69) is 0 Å². The predicted octanol–water partition coefficient (Wildman–Crippen LogP) is 4.27. The number of rotatable bonds is 5. The van der Waals surface area contributed by atoms with Crippen molar-refractivity contribution in [1.29, 1.82) is 0 Å². The van der Waals surface area contributed by atoms with Gasteiger partial charge in [-0.2, -0.15) is 0 Å². The number of nitrogens with zero attached hydrogens (tertiary/aromatic N) is 1. The van der Waals surface area contributed by atoms with E-state index in [9.17, 15) is 4.39 Å². The standard InChI is InChI=1S/C17H21FN2O/c1-4-9-21-17-11-16(15(19)10-14(17)18)20(3)13-7-5-12(2)6-8-13/h5-8,10-11H,4,9,19H2,1-3H3. The highest BCUT2D eigenvalue weighted by molar-refractivity contribution is 5.76. The Hall–Kier alpha value is -2.23. The molecular weight excluding hydrogens is 267 g/mol. The maximum absolute atomic E-state index is 13.8. The minimum absolute atomic E-state index is 0.236. The van der Waals surface area contributed by atoms with E-state index in [1.54, 1.807) is 6.07 Å². The Morgan fingerprint density at radius 2 is 1.86 bits per heavy atom. The fourth-order valence-corrected chi connectivity index (χ4v) is 2.08. The molecule has 3 nitrogen and oxygen atoms in total. The van der Waals surface area contributed by atoms with Crippen molar-refractivity contribution in [3.63, 3.8) is 0 Å². The zero-order valence-corrected chi connectivity index (χ0v) is 12.7. The van der Waals surface area contributed by atoms with Gasteiger partial charge >= 0.3 is 0 Å². The van der Waals surface area contributed by atoms with Gasteiger partial charge in [-0.1, -0.05) is 24.6 Å². The second-order valence-electron chi connectivity index (χ2n) is 5.08. The van der Waals surface area contributed by atoms with E-state index in [0.717, 1.165) is 17.8 Å². The van der Waals surface area contributed by atoms with Crippen LogP contribution >= 0.6 is 0 Å². The predicted molar refractivity (Wildman–Crippen MR) is 85.8 cm³/mol. The molecule has 2 aromatic rings. The topological polar surface area (TPSA) is 38.5 Å². The smallest absolute Gasteiger partial charge is 0.167 e. The Morgan fingerprint density at radius 3 is 2.48 bits per heavy atom. The van der Waals surface area contributed by atoms with E-state index >= 15 is 0 Å². The van der Waals surface area contributed by atoms with E-state index in [0.29, 0.717) is 12.3 Å². The number of nitrogen functional groups attached to an aromatic ring is 1. The molecule has 4 heteroatoms. The average Bonchev–Trinajstić information content (AvgIpc) is 2.46. The minimum atomic E-state index is -0.429. The van der Waals surface area contributed by atoms with Crippen molar-refractivity contribution in [1.82, 2.24) is 0 Å². The molecule has 0 spiro atoms. The average molecular weight is 288 g/mol. The van der Waals surface area contributed by atoms with Crippen LogP contribution in [0.3, 0.4) is 0 Å². The van der Waals surface area contributed by atoms with Gasteiger partial charge in [0.25, 0.3) is 0 Å². The van der Waals surface area contributed by atoms with Gasteiger partial charge in [0.2, 0.25) is 0 Å². The Labute approximate surface area is 125 Å². The molecule has 0 unspecified atom stereocenters. The number of benzene rings is 2. The van der Waals surface area contributed by atoms with Crippen LogP contribution in [-0.2, 0) is 0 Å². The Bertz CT molecular complexity index is 611. The molecule has 0 saturated heterocycles. The molecule has 21 heavy (non-hydrogen) atoms. The minimum Gasteiger partial charge on any atom is -0.490 e. The van der Waals surface area contributed by atoms with Crippen LogP contribution in [0.1, 0.15) is 18.9 Å². The molecule has 0 saturated carbocycles. The molecule has 0 heterocycles. The van der Waals surface area contributed by atoms with Gasteiger partial charge in [-0.15, -0.1) is 0 Å². The van der Waals surface area contributed by atoms with Crippen molar-refractivity contribution in [3.8, 4) is 5.75 Å². The summed E-state index contributed by atoms with van der Waals surface area (Å²) in [7, 11) is 1.90. The molecule has 0 aliphatic carbocycles. The summed E-state index contributed by atoms with van der Waals surface area (Å²) in [6.07, 6.45) is 0.826. The third-order valence-corrected chi connectivity index (χ3v) is 3.33. The molecule has 0 aromatic heterocycles. The van der Waals surface area contributed by atoms with Gasteiger partial charge in [0.1, 0.15) is 0 Å². The number of halogens is 1. The first kappa shape index (κ1) is 15.2. The SMILES string of the molecule is CCCOc1cc(N(C)c2ccc(C)cc2)c(N)cc1F. The summed E-state index contributed by atoms with van der Waals surface area (Å²) in [6.45, 7) is 4.50. The molecule has 0 aliphatic rings. The van der Waals surface area contributed by atoms with Crippen LogP contribution in [0.4, 0.5) is 21.5 Å². The van der Waals surface area contributed by atoms with E-state index in [4.69, 9.17) is 10.5 Å². The van der Waals surface area contributed by atoms with Crippen molar-refractivity contribution < 1.29 is 9.13 Å². The summed E-state index contributed by atoms with van der Waals surface area (Å²) in [5.41, 5.74) is 9.24. The zero-order valence-electron chi connectivity index (χ0n) is 12.7. The lowest BCUT2D eigenvalue weighted by molar-refractivity contribution is 0.301. The molecule has 2 N–H and O–H groups in total. The fourth-order valence-electron chi connectivity index (χ4n) is 2.08. The van der Waals surface area contributed by atoms with E-state index < -0.39 is 5.82 Å². The number of aryl methyl sites for hydroxylation is 1. The highest BCUT2D eigenvalue weighted by Crippen LogP contribution is 2.34. The first-order valence-corrected chi connectivity index (χ1v) is 7.05. The number of hydrogen-bond acceptors (Lipinski definition) is 3. The van der Waals surface area contributed by atoms with Gasteiger partial charge in [0.05, 0.1) is 18.0 Å². The van der Waals surface area contributed by atoms with Crippen LogP contribution in [-0.4, -0.2) is 13.7 Å². The van der Waals surface area contributed by atoms with Gasteiger partial charge in [-0.3, -0.25) is 0 Å². The second kappa shape index (κ2) is 6.48. The van der Waals surface area contributed by atoms with Gasteiger partial charge in [-0.25, -0.2) is 4.39 Å². The molecule has 0 aliphatic heterocycles. The molecule has 2 aromatic carbocycles. The second-order valence-corrected chi connectivity index (χ2v) is 5.08. The summed E-state index contributed by atoms with van der Waals surface area (Å²) in [5, 5.41) is 0. The molecule has 112 valence electrons. The third kappa shape index (κ3) is 3.45. The van der Waals surface area contributed by atoms with Crippen molar-refractivity contribution in [2.45, 2.75) is 20.3 Å². The van der Waals surface area contributed by atoms with E-state index in [-0.39, 0.29) is 5.75 Å². The van der Waals surface area contributed by atoms with Crippen LogP contribution < -0.4 is 15.4 Å². The molecule has 0 bridgehead atoms. The van der Waals surface area contributed by atoms with Gasteiger partial charge < -0.3 is 15.4 Å².